The van der Waals surface area contributed by atoms with Crippen LogP contribution >= 0.6 is 0 Å². The van der Waals surface area contributed by atoms with Gasteiger partial charge in [-0.2, -0.15) is 0 Å². The van der Waals surface area contributed by atoms with Crippen LogP contribution in [0, 0.1) is 0 Å². The Labute approximate surface area is 557 Å². The monoisotopic (exact) mass is 1210 g/mol. The summed E-state index contributed by atoms with van der Waals surface area (Å²) in [5, 5.41) is 15.7. The summed E-state index contributed by atoms with van der Waals surface area (Å²) in [6, 6.07) is 110. The average Bonchev–Trinajstić information content (AvgIpc) is 1.62. The summed E-state index contributed by atoms with van der Waals surface area (Å²) in [6.45, 7) is 14.3. The van der Waals surface area contributed by atoms with Gasteiger partial charge in [0.2, 0.25) is 0 Å². The van der Waals surface area contributed by atoms with Crippen molar-refractivity contribution in [2.45, 2.75) is 71.6 Å². The van der Waals surface area contributed by atoms with Gasteiger partial charge in [-0.15, -0.1) is 0 Å². The molecule has 0 unspecified atom stereocenters. The first kappa shape index (κ1) is 56.8. The van der Waals surface area contributed by atoms with Crippen molar-refractivity contribution < 1.29 is 0 Å². The quantitative estimate of drug-likeness (QED) is 0.154. The van der Waals surface area contributed by atoms with E-state index in [0.29, 0.717) is 0 Å². The summed E-state index contributed by atoms with van der Waals surface area (Å²) in [4.78, 5) is 0. The summed E-state index contributed by atoms with van der Waals surface area (Å²) < 4.78 is 0. The fraction of sp³-hybridized carbons (Fsp3) is 0.116. The van der Waals surface area contributed by atoms with Crippen LogP contribution in [0.4, 0.5) is 0 Å². The van der Waals surface area contributed by atoms with Crippen LogP contribution < -0.4 is 0 Å². The molecule has 0 heterocycles. The van der Waals surface area contributed by atoms with Crippen LogP contribution in [0.25, 0.3) is 154 Å². The SMILES string of the molecule is C.CC1(C)c2ccc(-c3c4ccccc4c(-c4ccc5c(c4)-c4ccccc4C5)c4ccccc34)cc2-c2ccc3ccccc3c21.CC1(C)c2ccccc2-c2ccc(-c3c4ccccc4c(-c4ccc5c(c4)-c4ccc6ccccc6c4C5(C)C)c4ccccc34)cc21. The van der Waals surface area contributed by atoms with Crippen LogP contribution in [0.3, 0.4) is 0 Å². The van der Waals surface area contributed by atoms with Gasteiger partial charge in [0.15, 0.2) is 0 Å². The first-order chi connectivity index (χ1) is 45.9. The van der Waals surface area contributed by atoms with E-state index >= 15 is 0 Å². The molecule has 0 aliphatic heterocycles. The third-order valence-corrected chi connectivity index (χ3v) is 22.5. The summed E-state index contributed by atoms with van der Waals surface area (Å²) >= 11 is 0. The number of benzene rings is 16. The van der Waals surface area contributed by atoms with Crippen molar-refractivity contribution in [2.24, 2.45) is 0 Å². The van der Waals surface area contributed by atoms with Gasteiger partial charge >= 0.3 is 0 Å². The maximum absolute atomic E-state index is 2.47. The molecule has 0 atom stereocenters. The highest BCUT2D eigenvalue weighted by Gasteiger charge is 2.40. The second kappa shape index (κ2) is 20.8. The van der Waals surface area contributed by atoms with Crippen LogP contribution in [0.5, 0.6) is 0 Å². The lowest BCUT2D eigenvalue weighted by Crippen LogP contribution is -2.15. The molecule has 0 amide bonds. The average molecular weight is 1210 g/mol. The van der Waals surface area contributed by atoms with E-state index in [4.69, 9.17) is 0 Å². The van der Waals surface area contributed by atoms with Crippen LogP contribution in [-0.2, 0) is 22.7 Å². The zero-order valence-electron chi connectivity index (χ0n) is 53.9. The lowest BCUT2D eigenvalue weighted by Gasteiger charge is -2.24. The van der Waals surface area contributed by atoms with Crippen molar-refractivity contribution in [1.29, 1.82) is 0 Å². The number of rotatable bonds is 4. The van der Waals surface area contributed by atoms with E-state index in [-0.39, 0.29) is 23.7 Å². The molecule has 16 aromatic carbocycles. The van der Waals surface area contributed by atoms with E-state index in [1.165, 1.54) is 198 Å². The molecule has 0 spiro atoms. The minimum Gasteiger partial charge on any atom is -0.0776 e. The molecule has 0 nitrogen and oxygen atoms in total. The molecule has 20 rings (SSSR count). The summed E-state index contributed by atoms with van der Waals surface area (Å²) in [5.41, 5.74) is 32.5. The molecule has 0 N–H and O–H groups in total. The van der Waals surface area contributed by atoms with E-state index in [1.54, 1.807) is 0 Å². The van der Waals surface area contributed by atoms with Crippen LogP contribution in [0.1, 0.15) is 93.5 Å². The molecule has 0 saturated heterocycles. The predicted molar refractivity (Wildman–Crippen MR) is 407 cm³/mol. The molecule has 95 heavy (non-hydrogen) atoms. The van der Waals surface area contributed by atoms with Crippen LogP contribution in [0.2, 0.25) is 0 Å². The van der Waals surface area contributed by atoms with Gasteiger partial charge in [0, 0.05) is 16.2 Å². The second-order valence-electron chi connectivity index (χ2n) is 28.5. The molecular formula is C95H72. The molecule has 4 aliphatic carbocycles. The second-order valence-corrected chi connectivity index (χ2v) is 28.5. The molecule has 0 bridgehead atoms. The third kappa shape index (κ3) is 8.14. The smallest absolute Gasteiger partial charge is 0.0165 e. The van der Waals surface area contributed by atoms with E-state index in [1.807, 2.05) is 0 Å². The molecule has 4 aliphatic rings. The molecule has 0 heteroatoms. The van der Waals surface area contributed by atoms with E-state index < -0.39 is 0 Å². The van der Waals surface area contributed by atoms with E-state index in [9.17, 15) is 0 Å². The van der Waals surface area contributed by atoms with Crippen molar-refractivity contribution in [2.75, 3.05) is 0 Å². The molecule has 0 fully saturated rings. The van der Waals surface area contributed by atoms with Crippen LogP contribution in [-0.4, -0.2) is 0 Å². The molecular weight excluding hydrogens is 1140 g/mol. The fourth-order valence-electron chi connectivity index (χ4n) is 18.2. The van der Waals surface area contributed by atoms with Crippen LogP contribution in [0.15, 0.2) is 291 Å². The fourth-order valence-corrected chi connectivity index (χ4v) is 18.2. The van der Waals surface area contributed by atoms with Crippen molar-refractivity contribution in [1.82, 2.24) is 0 Å². The topological polar surface area (TPSA) is 0 Å². The Bertz CT molecular complexity index is 5860. The number of hydrogen-bond donors (Lipinski definition) is 0. The Morgan fingerprint density at radius 1 is 0.211 bits per heavy atom. The maximum Gasteiger partial charge on any atom is 0.0165 e. The molecule has 0 saturated carbocycles. The Hall–Kier alpha value is -10.9. The largest absolute Gasteiger partial charge is 0.0776 e. The highest BCUT2D eigenvalue weighted by atomic mass is 14.4. The molecule has 0 aromatic heterocycles. The van der Waals surface area contributed by atoms with Gasteiger partial charge < -0.3 is 0 Å². The Morgan fingerprint density at radius 2 is 0.526 bits per heavy atom. The highest BCUT2D eigenvalue weighted by Crippen LogP contribution is 2.57. The van der Waals surface area contributed by atoms with E-state index in [2.05, 4.69) is 333 Å². The minimum atomic E-state index is -0.0704. The molecule has 16 aromatic rings. The zero-order valence-corrected chi connectivity index (χ0v) is 53.9. The van der Waals surface area contributed by atoms with Gasteiger partial charge in [-0.1, -0.05) is 316 Å². The van der Waals surface area contributed by atoms with E-state index in [0.717, 1.165) is 6.42 Å². The molecule has 452 valence electrons. The minimum absolute atomic E-state index is 0. The molecule has 0 radical (unpaired) electrons. The normalized spacial score (nSPS) is 14.3. The Kier molecular flexibility index (Phi) is 12.4. The zero-order chi connectivity index (χ0) is 62.9. The lowest BCUT2D eigenvalue weighted by molar-refractivity contribution is 0.660. The standard InChI is InChI=1S/C48H36.C46H32.CH4/c1-47(2)41-20-12-11-15-33(41)34-24-22-31(28-43(34)47)45-37-18-9-7-16-35(37)44(36-17-8-10-19-38(36)45)30-23-26-42-40(27-30)39-25-21-29-13-5-6-14-32(29)46(39)48(42,3)4;1-46(2)42-24-22-32(27-41(42)39-23-21-28-11-3-6-14-34(28)45(39)46)44-37-17-9-7-15-35(37)43(36-16-8-10-18-38(36)44)31-20-19-30-25-29-12-4-5-13-33(29)40(30)26-31;/h5-28H,1-4H3;3-24,26-27H,25H2,1-2H3;1H4. The lowest BCUT2D eigenvalue weighted by atomic mass is 9.79. The number of hydrogen-bond acceptors (Lipinski definition) is 0. The number of fused-ring (bicyclic) bond motifs is 20. The Balaban J connectivity index is 0.000000138. The highest BCUT2D eigenvalue weighted by molar-refractivity contribution is 6.23. The van der Waals surface area contributed by atoms with Gasteiger partial charge in [0.25, 0.3) is 0 Å². The Morgan fingerprint density at radius 3 is 0.989 bits per heavy atom. The van der Waals surface area contributed by atoms with Crippen molar-refractivity contribution in [3.8, 4) is 89.0 Å². The maximum atomic E-state index is 2.47. The summed E-state index contributed by atoms with van der Waals surface area (Å²) in [5.74, 6) is 0. The summed E-state index contributed by atoms with van der Waals surface area (Å²) in [6.07, 6.45) is 1.01. The van der Waals surface area contributed by atoms with Gasteiger partial charge in [0.05, 0.1) is 0 Å². The van der Waals surface area contributed by atoms with Gasteiger partial charge in [-0.3, -0.25) is 0 Å². The third-order valence-electron chi connectivity index (χ3n) is 22.5. The van der Waals surface area contributed by atoms with Crippen molar-refractivity contribution in [3.63, 3.8) is 0 Å². The predicted octanol–water partition coefficient (Wildman–Crippen LogP) is 26.1. The van der Waals surface area contributed by atoms with Gasteiger partial charge in [-0.25, -0.2) is 0 Å². The van der Waals surface area contributed by atoms with Crippen molar-refractivity contribution >= 4 is 64.6 Å². The van der Waals surface area contributed by atoms with Crippen molar-refractivity contribution in [3.05, 3.63) is 336 Å². The van der Waals surface area contributed by atoms with Gasteiger partial charge in [0.1, 0.15) is 0 Å². The summed E-state index contributed by atoms with van der Waals surface area (Å²) in [7, 11) is 0. The first-order valence-corrected chi connectivity index (χ1v) is 33.6. The first-order valence-electron chi connectivity index (χ1n) is 33.6. The van der Waals surface area contributed by atoms with Gasteiger partial charge in [-0.05, 0) is 229 Å².